The van der Waals surface area contributed by atoms with Gasteiger partial charge in [0.05, 0.1) is 37.1 Å². The van der Waals surface area contributed by atoms with Crippen LogP contribution in [0, 0.1) is 13.8 Å². The molecular weight excluding hydrogens is 752 g/mol. The Morgan fingerprint density at radius 3 is 2.43 bits per heavy atom. The summed E-state index contributed by atoms with van der Waals surface area (Å²) in [5.41, 5.74) is 5.97. The predicted octanol–water partition coefficient (Wildman–Crippen LogP) is -3.69. The summed E-state index contributed by atoms with van der Waals surface area (Å²) in [6.45, 7) is 0.570. The van der Waals surface area contributed by atoms with Crippen LogP contribution in [-0.2, 0) is 33.8 Å². The first-order chi connectivity index (χ1) is 24.9. The van der Waals surface area contributed by atoms with Crippen molar-refractivity contribution in [3.05, 3.63) is 56.8 Å². The highest BCUT2D eigenvalue weighted by molar-refractivity contribution is 7.59. The van der Waals surface area contributed by atoms with Gasteiger partial charge in [0.15, 0.2) is 29.2 Å². The number of H-pyrrole nitrogens is 1. The number of anilines is 1. The molecule has 0 aliphatic carbocycles. The van der Waals surface area contributed by atoms with E-state index in [0.717, 1.165) is 17.5 Å². The van der Waals surface area contributed by atoms with Crippen molar-refractivity contribution in [1.82, 2.24) is 39.0 Å². The Hall–Kier alpha value is -4.13. The number of phosphoric ester groups is 2. The van der Waals surface area contributed by atoms with E-state index in [-0.39, 0.29) is 39.5 Å². The molecule has 5 heterocycles. The number of nitrogens with zero attached hydrogens (tertiary/aromatic N) is 7. The van der Waals surface area contributed by atoms with E-state index in [9.17, 15) is 54.0 Å². The molecule has 1 aromatic carbocycles. The van der Waals surface area contributed by atoms with Crippen molar-refractivity contribution in [3.8, 4) is 11.5 Å². The number of hydrogen-bond donors (Lipinski definition) is 7. The molecule has 3 aromatic rings. The number of nitrogen functional groups attached to an aromatic ring is 1. The van der Waals surface area contributed by atoms with Gasteiger partial charge < -0.3 is 59.4 Å². The molecule has 0 spiro atoms. The number of hydrogen-bond acceptors (Lipinski definition) is 21. The highest BCUT2D eigenvalue weighted by atomic mass is 31.3. The van der Waals surface area contributed by atoms with Crippen LogP contribution in [0.5, 0.6) is 0 Å². The van der Waals surface area contributed by atoms with Crippen molar-refractivity contribution in [3.63, 3.8) is 0 Å². The van der Waals surface area contributed by atoms with Crippen LogP contribution < -0.4 is 26.8 Å². The Bertz CT molecular complexity index is 2350. The fourth-order valence-electron chi connectivity index (χ4n) is 5.54. The Kier molecular flexibility index (Phi) is 10.6. The molecule has 286 valence electrons. The molecule has 0 saturated carbocycles. The molecule has 53 heavy (non-hydrogen) atoms. The smallest absolute Gasteiger partial charge is 0.349 e. The van der Waals surface area contributed by atoms with E-state index >= 15 is 0 Å². The summed E-state index contributed by atoms with van der Waals surface area (Å²) in [5, 5.41) is 52.9. The number of aliphatic hydroxyl groups excluding tert-OH is 5. The minimum atomic E-state index is -5.85. The largest absolute Gasteiger partial charge is 0.756 e. The topological polar surface area (TPSA) is 369 Å². The molecule has 2 aromatic heterocycles. The lowest BCUT2D eigenvalue weighted by molar-refractivity contribution is -0.247. The zero-order valence-electron chi connectivity index (χ0n) is 27.4. The van der Waals surface area contributed by atoms with Gasteiger partial charge in [-0.2, -0.15) is 4.98 Å². The number of aryl methyl sites for hydroxylation is 2. The fraction of sp³-hybridized carbons (Fsp3) is 0.444. The predicted molar refractivity (Wildman–Crippen MR) is 172 cm³/mol. The molecule has 1 saturated heterocycles. The molecule has 0 amide bonds. The second-order valence-electron chi connectivity index (χ2n) is 12.0. The second-order valence-corrected chi connectivity index (χ2v) is 15.0. The number of benzene rings is 1. The molecule has 9 atom stereocenters. The van der Waals surface area contributed by atoms with E-state index in [1.54, 1.807) is 26.0 Å². The highest BCUT2D eigenvalue weighted by Gasteiger charge is 2.45. The molecule has 24 nitrogen and oxygen atoms in total. The van der Waals surface area contributed by atoms with Crippen LogP contribution in [0.2, 0.25) is 0 Å². The van der Waals surface area contributed by atoms with Crippen molar-refractivity contribution in [2.75, 3.05) is 18.9 Å². The van der Waals surface area contributed by atoms with E-state index in [0.29, 0.717) is 0 Å². The minimum Gasteiger partial charge on any atom is -0.756 e. The number of rotatable bonds is 13. The van der Waals surface area contributed by atoms with Crippen LogP contribution in [-0.4, -0.2) is 114 Å². The number of imidazole rings is 1. The van der Waals surface area contributed by atoms with E-state index in [1.165, 1.54) is 15.5 Å². The average molecular weight is 784 g/mol. The Labute approximate surface area is 295 Å². The SMILES string of the molecule is Cc1cc2nc3c(=O)[nH]c(=O)nc-3n(CC(O)C(O)C(O)COP(=O)([O-])OP(=O)([O-])OC[C@H]3OC(n4cnc5c(N)ncnc54)[C@H](O)[C@@H]3O)c2cc1C. The number of aromatic amines is 1. The number of nitrogens with two attached hydrogens (primary N) is 1. The zero-order chi connectivity index (χ0) is 38.6. The highest BCUT2D eigenvalue weighted by Crippen LogP contribution is 2.56. The van der Waals surface area contributed by atoms with Gasteiger partial charge in [0, 0.05) is 0 Å². The van der Waals surface area contributed by atoms with E-state index in [2.05, 4.69) is 38.3 Å². The summed E-state index contributed by atoms with van der Waals surface area (Å²) in [6.07, 6.45) is -10.3. The number of aliphatic hydroxyl groups is 5. The Morgan fingerprint density at radius 2 is 1.70 bits per heavy atom. The third-order valence-electron chi connectivity index (χ3n) is 8.38. The lowest BCUT2D eigenvalue weighted by atomic mass is 10.1. The number of phosphoric acid groups is 2. The quantitative estimate of drug-likeness (QED) is 0.0446. The molecular formula is C27H31N9O15P2-2. The molecule has 6 rings (SSSR count). The van der Waals surface area contributed by atoms with Gasteiger partial charge in [-0.05, 0) is 37.1 Å². The normalized spacial score (nSPS) is 23.3. The van der Waals surface area contributed by atoms with E-state index in [1.807, 2.05) is 4.98 Å². The molecule has 3 aliphatic rings. The lowest BCUT2D eigenvalue weighted by Gasteiger charge is -2.32. The van der Waals surface area contributed by atoms with Crippen LogP contribution in [0.3, 0.4) is 0 Å². The summed E-state index contributed by atoms with van der Waals surface area (Å²) in [7, 11) is -11.6. The maximum Gasteiger partial charge on any atom is 0.349 e. The van der Waals surface area contributed by atoms with Gasteiger partial charge >= 0.3 is 5.69 Å². The van der Waals surface area contributed by atoms with Crippen LogP contribution in [0.15, 0.2) is 34.4 Å². The lowest BCUT2D eigenvalue weighted by Crippen LogP contribution is -2.43. The van der Waals surface area contributed by atoms with Crippen molar-refractivity contribution in [2.24, 2.45) is 0 Å². The first-order valence-electron chi connectivity index (χ1n) is 15.4. The number of ether oxygens (including phenoxy) is 1. The standard InChI is InChI=1S/C27H33N9O15P2/c1-10-3-12-13(4-11(10)2)35(24-18(32-12)25(42)34-27(43)33-24)5-14(37)19(39)15(38)6-48-52(44,45)51-53(46,47)49-7-16-20(40)21(41)26(50-16)36-9-31-17-22(28)29-8-30-23(17)36/h3-4,8-9,14-16,19-21,26,37-41H,5-7H2,1-2H3,(H,44,45)(H,46,47)(H2,28,29,30)(H,34,42,43)/p-2/t14?,15?,16-,19?,20-,21-,26?/m1/s1. The van der Waals surface area contributed by atoms with Gasteiger partial charge in [-0.3, -0.25) is 23.5 Å². The van der Waals surface area contributed by atoms with Crippen molar-refractivity contribution in [2.45, 2.75) is 63.2 Å². The third-order valence-corrected chi connectivity index (χ3v) is 10.9. The van der Waals surface area contributed by atoms with Gasteiger partial charge in [0.2, 0.25) is 0 Å². The van der Waals surface area contributed by atoms with Gasteiger partial charge in [-0.15, -0.1) is 0 Å². The van der Waals surface area contributed by atoms with Crippen LogP contribution in [0.1, 0.15) is 17.4 Å². The minimum absolute atomic E-state index is 0.0151. The molecule has 1 fully saturated rings. The zero-order valence-corrected chi connectivity index (χ0v) is 29.2. The van der Waals surface area contributed by atoms with Crippen LogP contribution in [0.4, 0.5) is 5.82 Å². The van der Waals surface area contributed by atoms with E-state index < -0.39 is 89.5 Å². The van der Waals surface area contributed by atoms with Gasteiger partial charge in [0.1, 0.15) is 48.5 Å². The van der Waals surface area contributed by atoms with Crippen molar-refractivity contribution in [1.29, 1.82) is 0 Å². The molecule has 6 unspecified atom stereocenters. The first kappa shape index (κ1) is 38.6. The third kappa shape index (κ3) is 7.91. The summed E-state index contributed by atoms with van der Waals surface area (Å²) >= 11 is 0. The summed E-state index contributed by atoms with van der Waals surface area (Å²) in [6, 6.07) is 3.27. The molecule has 0 radical (unpaired) electrons. The van der Waals surface area contributed by atoms with Crippen LogP contribution in [0.25, 0.3) is 33.7 Å². The Morgan fingerprint density at radius 1 is 1.00 bits per heavy atom. The second kappa shape index (κ2) is 14.6. The van der Waals surface area contributed by atoms with Gasteiger partial charge in [0.25, 0.3) is 21.2 Å². The maximum atomic E-state index is 12.5. The molecule has 0 bridgehead atoms. The van der Waals surface area contributed by atoms with Crippen molar-refractivity contribution < 1.29 is 62.5 Å². The summed E-state index contributed by atoms with van der Waals surface area (Å²) < 4.78 is 45.7. The summed E-state index contributed by atoms with van der Waals surface area (Å²) in [4.78, 5) is 71.1. The van der Waals surface area contributed by atoms with Gasteiger partial charge in [-0.25, -0.2) is 29.0 Å². The molecule has 26 heteroatoms. The van der Waals surface area contributed by atoms with Crippen molar-refractivity contribution >= 4 is 43.7 Å². The number of aromatic nitrogens is 8. The van der Waals surface area contributed by atoms with Gasteiger partial charge in [-0.1, -0.05) is 0 Å². The summed E-state index contributed by atoms with van der Waals surface area (Å²) in [5.74, 6) is -0.243. The molecule has 8 N–H and O–H groups in total. The first-order valence-corrected chi connectivity index (χ1v) is 18.3. The average Bonchev–Trinajstić information content (AvgIpc) is 3.63. The Balaban J connectivity index is 1.07. The van der Waals surface area contributed by atoms with E-state index in [4.69, 9.17) is 10.5 Å². The number of fused-ring (bicyclic) bond motifs is 3. The fourth-order valence-corrected chi connectivity index (χ4v) is 7.56. The monoisotopic (exact) mass is 783 g/mol. The molecule has 3 aliphatic heterocycles. The number of nitrogens with one attached hydrogen (secondary N) is 1. The maximum absolute atomic E-state index is 12.5. The van der Waals surface area contributed by atoms with Crippen LogP contribution >= 0.6 is 15.6 Å².